The first-order valence-corrected chi connectivity index (χ1v) is 9.06. The molecule has 1 aliphatic rings. The highest BCUT2D eigenvalue weighted by molar-refractivity contribution is 5.74. The SMILES string of the molecule is Fc1ccc2nc(N3CCN(c4nccc(-c5cccnc5)n4)CC3)oc2c1. The Bertz CT molecular complexity index is 1110. The molecule has 4 heterocycles. The fourth-order valence-corrected chi connectivity index (χ4v) is 3.30. The van der Waals surface area contributed by atoms with Gasteiger partial charge >= 0.3 is 0 Å². The first-order valence-electron chi connectivity index (χ1n) is 9.06. The number of anilines is 2. The van der Waals surface area contributed by atoms with Crippen LogP contribution in [0.1, 0.15) is 0 Å². The third-order valence-corrected chi connectivity index (χ3v) is 4.77. The summed E-state index contributed by atoms with van der Waals surface area (Å²) < 4.78 is 19.1. The number of nitrogens with zero attached hydrogens (tertiary/aromatic N) is 6. The lowest BCUT2D eigenvalue weighted by molar-refractivity contribution is 0.536. The summed E-state index contributed by atoms with van der Waals surface area (Å²) in [6, 6.07) is 10.7. The van der Waals surface area contributed by atoms with Crippen molar-refractivity contribution in [1.82, 2.24) is 19.9 Å². The highest BCUT2D eigenvalue weighted by Crippen LogP contribution is 2.24. The number of aromatic nitrogens is 4. The highest BCUT2D eigenvalue weighted by atomic mass is 19.1. The second-order valence-electron chi connectivity index (χ2n) is 6.57. The molecule has 1 fully saturated rings. The van der Waals surface area contributed by atoms with E-state index in [1.165, 1.54) is 12.1 Å². The predicted octanol–water partition coefficient (Wildman–Crippen LogP) is 3.15. The average molecular weight is 376 g/mol. The number of benzene rings is 1. The molecular formula is C20H17FN6O. The van der Waals surface area contributed by atoms with E-state index in [1.54, 1.807) is 24.7 Å². The molecule has 0 bridgehead atoms. The van der Waals surface area contributed by atoms with Gasteiger partial charge in [-0.15, -0.1) is 0 Å². The Hall–Kier alpha value is -3.55. The number of halogens is 1. The summed E-state index contributed by atoms with van der Waals surface area (Å²) in [4.78, 5) is 21.9. The van der Waals surface area contributed by atoms with Gasteiger partial charge in [-0.1, -0.05) is 0 Å². The molecule has 1 aromatic carbocycles. The molecule has 0 amide bonds. The van der Waals surface area contributed by atoms with Crippen molar-refractivity contribution in [2.45, 2.75) is 0 Å². The van der Waals surface area contributed by atoms with E-state index in [-0.39, 0.29) is 5.82 Å². The van der Waals surface area contributed by atoms with Gasteiger partial charge in [0.15, 0.2) is 5.58 Å². The molecule has 5 rings (SSSR count). The maximum absolute atomic E-state index is 13.4. The summed E-state index contributed by atoms with van der Waals surface area (Å²) in [5.41, 5.74) is 2.93. The molecule has 1 saturated heterocycles. The molecule has 0 aliphatic carbocycles. The Morgan fingerprint density at radius 2 is 1.79 bits per heavy atom. The van der Waals surface area contributed by atoms with Gasteiger partial charge in [0.2, 0.25) is 5.95 Å². The fourth-order valence-electron chi connectivity index (χ4n) is 3.30. The first-order chi connectivity index (χ1) is 13.8. The van der Waals surface area contributed by atoms with Crippen LogP contribution in [0.4, 0.5) is 16.4 Å². The number of piperazine rings is 1. The summed E-state index contributed by atoms with van der Waals surface area (Å²) in [6.45, 7) is 2.92. The fraction of sp³-hybridized carbons (Fsp3) is 0.200. The molecule has 4 aromatic rings. The van der Waals surface area contributed by atoms with E-state index in [2.05, 4.69) is 29.7 Å². The lowest BCUT2D eigenvalue weighted by Crippen LogP contribution is -2.47. The molecule has 0 N–H and O–H groups in total. The van der Waals surface area contributed by atoms with Crippen LogP contribution in [0.5, 0.6) is 0 Å². The van der Waals surface area contributed by atoms with E-state index in [0.29, 0.717) is 23.1 Å². The lowest BCUT2D eigenvalue weighted by atomic mass is 10.2. The van der Waals surface area contributed by atoms with Gasteiger partial charge in [0.05, 0.1) is 5.69 Å². The van der Waals surface area contributed by atoms with Crippen molar-refractivity contribution < 1.29 is 8.81 Å². The van der Waals surface area contributed by atoms with E-state index < -0.39 is 0 Å². The van der Waals surface area contributed by atoms with Gasteiger partial charge in [0.1, 0.15) is 11.3 Å². The minimum atomic E-state index is -0.328. The van der Waals surface area contributed by atoms with Crippen LogP contribution in [0.15, 0.2) is 59.4 Å². The molecule has 0 saturated carbocycles. The van der Waals surface area contributed by atoms with Crippen molar-refractivity contribution in [1.29, 1.82) is 0 Å². The van der Waals surface area contributed by atoms with Crippen molar-refractivity contribution in [3.05, 3.63) is 60.8 Å². The first kappa shape index (κ1) is 16.6. The Morgan fingerprint density at radius 3 is 2.61 bits per heavy atom. The predicted molar refractivity (Wildman–Crippen MR) is 104 cm³/mol. The van der Waals surface area contributed by atoms with Crippen LogP contribution < -0.4 is 9.80 Å². The number of pyridine rings is 1. The minimum Gasteiger partial charge on any atom is -0.423 e. The van der Waals surface area contributed by atoms with Gasteiger partial charge in [-0.2, -0.15) is 4.98 Å². The minimum absolute atomic E-state index is 0.328. The maximum atomic E-state index is 13.4. The molecule has 3 aromatic heterocycles. The van der Waals surface area contributed by atoms with Crippen LogP contribution in [-0.2, 0) is 0 Å². The Balaban J connectivity index is 1.31. The number of hydrogen-bond donors (Lipinski definition) is 0. The van der Waals surface area contributed by atoms with Crippen LogP contribution in [-0.4, -0.2) is 46.1 Å². The molecule has 7 nitrogen and oxygen atoms in total. The standard InChI is InChI=1S/C20H17FN6O/c21-15-3-4-17-18(12-15)28-20(25-17)27-10-8-26(9-11-27)19-23-7-5-16(24-19)14-2-1-6-22-13-14/h1-7,12-13H,8-11H2. The van der Waals surface area contributed by atoms with Crippen LogP contribution in [0.2, 0.25) is 0 Å². The van der Waals surface area contributed by atoms with Crippen LogP contribution in [0, 0.1) is 5.82 Å². The molecule has 1 aliphatic heterocycles. The van der Waals surface area contributed by atoms with Crippen molar-refractivity contribution in [3.8, 4) is 11.3 Å². The Kier molecular flexibility index (Phi) is 4.08. The van der Waals surface area contributed by atoms with Crippen LogP contribution in [0.25, 0.3) is 22.4 Å². The Labute approximate surface area is 160 Å². The van der Waals surface area contributed by atoms with Gasteiger partial charge in [-0.25, -0.2) is 14.4 Å². The monoisotopic (exact) mass is 376 g/mol. The molecule has 0 unspecified atom stereocenters. The molecule has 140 valence electrons. The largest absolute Gasteiger partial charge is 0.423 e. The topological polar surface area (TPSA) is 71.2 Å². The zero-order chi connectivity index (χ0) is 18.9. The van der Waals surface area contributed by atoms with Gasteiger partial charge in [-0.3, -0.25) is 4.98 Å². The normalized spacial score (nSPS) is 14.6. The second-order valence-corrected chi connectivity index (χ2v) is 6.57. The number of rotatable bonds is 3. The summed E-state index contributed by atoms with van der Waals surface area (Å²) >= 11 is 0. The van der Waals surface area contributed by atoms with E-state index in [9.17, 15) is 4.39 Å². The van der Waals surface area contributed by atoms with E-state index >= 15 is 0 Å². The third-order valence-electron chi connectivity index (χ3n) is 4.77. The number of hydrogen-bond acceptors (Lipinski definition) is 7. The summed E-state index contributed by atoms with van der Waals surface area (Å²) in [5.74, 6) is 0.367. The molecule has 0 radical (unpaired) electrons. The van der Waals surface area contributed by atoms with Gasteiger partial charge in [0.25, 0.3) is 6.01 Å². The van der Waals surface area contributed by atoms with Gasteiger partial charge in [0, 0.05) is 56.4 Å². The van der Waals surface area contributed by atoms with Gasteiger partial charge in [-0.05, 0) is 30.3 Å². The zero-order valence-electron chi connectivity index (χ0n) is 15.0. The smallest absolute Gasteiger partial charge is 0.298 e. The van der Waals surface area contributed by atoms with Crippen LogP contribution >= 0.6 is 0 Å². The van der Waals surface area contributed by atoms with E-state index in [0.717, 1.165) is 37.4 Å². The van der Waals surface area contributed by atoms with Crippen molar-refractivity contribution in [3.63, 3.8) is 0 Å². The third kappa shape index (κ3) is 3.13. The average Bonchev–Trinajstić information content (AvgIpc) is 3.18. The summed E-state index contributed by atoms with van der Waals surface area (Å²) in [7, 11) is 0. The van der Waals surface area contributed by atoms with Crippen molar-refractivity contribution in [2.75, 3.05) is 36.0 Å². The lowest BCUT2D eigenvalue weighted by Gasteiger charge is -2.33. The molecule has 0 atom stereocenters. The quantitative estimate of drug-likeness (QED) is 0.544. The molecule has 0 spiro atoms. The Morgan fingerprint density at radius 1 is 0.929 bits per heavy atom. The summed E-state index contributed by atoms with van der Waals surface area (Å²) in [6.07, 6.45) is 5.30. The number of fused-ring (bicyclic) bond motifs is 1. The number of oxazole rings is 1. The molecule has 8 heteroatoms. The molecular weight excluding hydrogens is 359 g/mol. The van der Waals surface area contributed by atoms with Crippen LogP contribution in [0.3, 0.4) is 0 Å². The zero-order valence-corrected chi connectivity index (χ0v) is 15.0. The second kappa shape index (κ2) is 6.88. The van der Waals surface area contributed by atoms with Gasteiger partial charge < -0.3 is 14.2 Å². The van der Waals surface area contributed by atoms with Crippen molar-refractivity contribution in [2.24, 2.45) is 0 Å². The van der Waals surface area contributed by atoms with Crippen molar-refractivity contribution >= 4 is 23.1 Å². The maximum Gasteiger partial charge on any atom is 0.298 e. The summed E-state index contributed by atoms with van der Waals surface area (Å²) in [5, 5.41) is 0. The van der Waals surface area contributed by atoms with E-state index in [1.807, 2.05) is 18.2 Å². The van der Waals surface area contributed by atoms with E-state index in [4.69, 9.17) is 4.42 Å². The molecule has 28 heavy (non-hydrogen) atoms. The highest BCUT2D eigenvalue weighted by Gasteiger charge is 2.23.